The van der Waals surface area contributed by atoms with Crippen LogP contribution in [0, 0.1) is 12.8 Å². The van der Waals surface area contributed by atoms with Gasteiger partial charge in [0.05, 0.1) is 5.56 Å². The predicted molar refractivity (Wildman–Crippen MR) is 140 cm³/mol. The average molecular weight is 492 g/mol. The number of hydrogen-bond acceptors (Lipinski definition) is 6. The highest BCUT2D eigenvalue weighted by Crippen LogP contribution is 2.36. The Labute approximate surface area is 213 Å². The first-order valence-corrected chi connectivity index (χ1v) is 12.8. The molecule has 2 aromatic carbocycles. The molecule has 3 aromatic rings. The summed E-state index contributed by atoms with van der Waals surface area (Å²) in [6.07, 6.45) is 2.74. The fraction of sp³-hybridized carbons (Fsp3) is 0.448. The third kappa shape index (κ3) is 7.18. The highest BCUT2D eigenvalue weighted by atomic mass is 16.5. The number of benzene rings is 2. The van der Waals surface area contributed by atoms with Crippen molar-refractivity contribution in [3.05, 3.63) is 65.7 Å². The van der Waals surface area contributed by atoms with Gasteiger partial charge in [0.25, 0.3) is 0 Å². The molecule has 1 aliphatic carbocycles. The minimum absolute atomic E-state index is 0.00519. The first-order chi connectivity index (χ1) is 17.4. The summed E-state index contributed by atoms with van der Waals surface area (Å²) in [7, 11) is 1.90. The Morgan fingerprint density at radius 1 is 1.19 bits per heavy atom. The van der Waals surface area contributed by atoms with Crippen LogP contribution >= 0.6 is 0 Å². The summed E-state index contributed by atoms with van der Waals surface area (Å²) in [4.78, 5) is 14.0. The molecule has 1 aromatic heterocycles. The SMILES string of the molecule is CCCC(=O)OC[C@H](O)CN(Cc1c(-c2ccccc2)nn(C)c1Oc1cccc(C)c1)CC1CC1. The summed E-state index contributed by atoms with van der Waals surface area (Å²) in [5, 5.41) is 15.5. The van der Waals surface area contributed by atoms with Crippen LogP contribution in [-0.2, 0) is 23.1 Å². The van der Waals surface area contributed by atoms with Gasteiger partial charge in [-0.05, 0) is 49.8 Å². The maximum Gasteiger partial charge on any atom is 0.305 e. The summed E-state index contributed by atoms with van der Waals surface area (Å²) >= 11 is 0. The maximum absolute atomic E-state index is 11.8. The number of carbonyl (C=O) groups excluding carboxylic acids is 1. The van der Waals surface area contributed by atoms with Crippen LogP contribution in [0.1, 0.15) is 43.7 Å². The van der Waals surface area contributed by atoms with Crippen molar-refractivity contribution < 1.29 is 19.4 Å². The predicted octanol–water partition coefficient (Wildman–Crippen LogP) is 5.10. The quantitative estimate of drug-likeness (QED) is 0.335. The van der Waals surface area contributed by atoms with E-state index in [-0.39, 0.29) is 12.6 Å². The van der Waals surface area contributed by atoms with Gasteiger partial charge in [0.1, 0.15) is 24.2 Å². The second kappa shape index (κ2) is 12.2. The summed E-state index contributed by atoms with van der Waals surface area (Å²) in [5.74, 6) is 1.80. The van der Waals surface area contributed by atoms with Crippen molar-refractivity contribution in [1.82, 2.24) is 14.7 Å². The van der Waals surface area contributed by atoms with E-state index in [2.05, 4.69) is 17.0 Å². The molecule has 1 N–H and O–H groups in total. The van der Waals surface area contributed by atoms with E-state index >= 15 is 0 Å². The molecule has 4 rings (SSSR count). The third-order valence-electron chi connectivity index (χ3n) is 6.29. The Morgan fingerprint density at radius 3 is 2.67 bits per heavy atom. The molecular formula is C29H37N3O4. The van der Waals surface area contributed by atoms with Gasteiger partial charge >= 0.3 is 5.97 Å². The van der Waals surface area contributed by atoms with E-state index in [0.717, 1.165) is 41.1 Å². The normalized spacial score (nSPS) is 14.1. The highest BCUT2D eigenvalue weighted by Gasteiger charge is 2.29. The minimum atomic E-state index is -0.762. The highest BCUT2D eigenvalue weighted by molar-refractivity contribution is 5.69. The van der Waals surface area contributed by atoms with Gasteiger partial charge in [-0.15, -0.1) is 0 Å². The van der Waals surface area contributed by atoms with Gasteiger partial charge in [0.2, 0.25) is 5.88 Å². The van der Waals surface area contributed by atoms with E-state index in [4.69, 9.17) is 14.6 Å². The minimum Gasteiger partial charge on any atom is -0.463 e. The largest absolute Gasteiger partial charge is 0.463 e. The average Bonchev–Trinajstić information content (AvgIpc) is 3.63. The molecule has 1 aliphatic rings. The van der Waals surface area contributed by atoms with Crippen molar-refractivity contribution in [2.75, 3.05) is 19.7 Å². The number of aromatic nitrogens is 2. The van der Waals surface area contributed by atoms with Gasteiger partial charge in [-0.2, -0.15) is 5.10 Å². The van der Waals surface area contributed by atoms with E-state index in [1.165, 1.54) is 12.8 Å². The number of ether oxygens (including phenoxy) is 2. The van der Waals surface area contributed by atoms with E-state index < -0.39 is 6.10 Å². The first-order valence-electron chi connectivity index (χ1n) is 12.8. The van der Waals surface area contributed by atoms with E-state index in [0.29, 0.717) is 31.3 Å². The number of aliphatic hydroxyl groups is 1. The Hall–Kier alpha value is -3.16. The molecule has 1 fully saturated rings. The monoisotopic (exact) mass is 491 g/mol. The Kier molecular flexibility index (Phi) is 8.78. The molecule has 0 spiro atoms. The molecule has 0 radical (unpaired) electrons. The summed E-state index contributed by atoms with van der Waals surface area (Å²) in [6, 6.07) is 18.1. The molecule has 7 nitrogen and oxygen atoms in total. The number of aliphatic hydroxyl groups excluding tert-OH is 1. The number of esters is 1. The van der Waals surface area contributed by atoms with Gasteiger partial charge in [0, 0.05) is 38.7 Å². The zero-order valence-electron chi connectivity index (χ0n) is 21.5. The molecular weight excluding hydrogens is 454 g/mol. The molecule has 0 amide bonds. The van der Waals surface area contributed by atoms with Crippen molar-refractivity contribution in [2.24, 2.45) is 13.0 Å². The standard InChI is InChI=1S/C29H37N3O4/c1-4-9-27(34)35-20-24(33)18-32(17-22-14-15-22)19-26-28(23-11-6-5-7-12-23)30-31(3)29(26)36-25-13-8-10-21(2)16-25/h5-8,10-13,16,22,24,33H,4,9,14-15,17-20H2,1-3H3/t24-/m1/s1. The third-order valence-corrected chi connectivity index (χ3v) is 6.29. The fourth-order valence-electron chi connectivity index (χ4n) is 4.35. The van der Waals surface area contributed by atoms with Gasteiger partial charge < -0.3 is 14.6 Å². The van der Waals surface area contributed by atoms with Crippen molar-refractivity contribution in [1.29, 1.82) is 0 Å². The summed E-state index contributed by atoms with van der Waals surface area (Å²) in [6.45, 7) is 5.82. The Bertz CT molecular complexity index is 1140. The Balaban J connectivity index is 1.60. The summed E-state index contributed by atoms with van der Waals surface area (Å²) < 4.78 is 13.5. The van der Waals surface area contributed by atoms with Crippen molar-refractivity contribution in [3.63, 3.8) is 0 Å². The van der Waals surface area contributed by atoms with Crippen LogP contribution in [0.2, 0.25) is 0 Å². The Morgan fingerprint density at radius 2 is 1.97 bits per heavy atom. The lowest BCUT2D eigenvalue weighted by atomic mass is 10.1. The van der Waals surface area contributed by atoms with Gasteiger partial charge in [-0.25, -0.2) is 4.68 Å². The zero-order chi connectivity index (χ0) is 25.5. The molecule has 7 heteroatoms. The lowest BCUT2D eigenvalue weighted by Gasteiger charge is -2.25. The number of rotatable bonds is 13. The van der Waals surface area contributed by atoms with Crippen molar-refractivity contribution in [2.45, 2.75) is 52.2 Å². The lowest BCUT2D eigenvalue weighted by Crippen LogP contribution is -2.36. The molecule has 192 valence electrons. The zero-order valence-corrected chi connectivity index (χ0v) is 21.5. The van der Waals surface area contributed by atoms with Crippen molar-refractivity contribution >= 4 is 5.97 Å². The number of nitrogens with zero attached hydrogens (tertiary/aromatic N) is 3. The van der Waals surface area contributed by atoms with Crippen LogP contribution in [0.3, 0.4) is 0 Å². The van der Waals surface area contributed by atoms with Gasteiger partial charge in [-0.3, -0.25) is 9.69 Å². The van der Waals surface area contributed by atoms with Crippen LogP contribution in [-0.4, -0.2) is 51.6 Å². The molecule has 1 atom stereocenters. The molecule has 1 saturated carbocycles. The topological polar surface area (TPSA) is 76.8 Å². The molecule has 0 saturated heterocycles. The number of carbonyl (C=O) groups is 1. The lowest BCUT2D eigenvalue weighted by molar-refractivity contribution is -0.147. The smallest absolute Gasteiger partial charge is 0.305 e. The van der Waals surface area contributed by atoms with Crippen LogP contribution in [0.25, 0.3) is 11.3 Å². The molecule has 36 heavy (non-hydrogen) atoms. The second-order valence-corrected chi connectivity index (χ2v) is 9.76. The number of aryl methyl sites for hydroxylation is 2. The van der Waals surface area contributed by atoms with Crippen LogP contribution in [0.4, 0.5) is 0 Å². The molecule has 0 bridgehead atoms. The van der Waals surface area contributed by atoms with Gasteiger partial charge in [-0.1, -0.05) is 49.4 Å². The van der Waals surface area contributed by atoms with Crippen molar-refractivity contribution in [3.8, 4) is 22.9 Å². The van der Waals surface area contributed by atoms with Crippen LogP contribution in [0.15, 0.2) is 54.6 Å². The van der Waals surface area contributed by atoms with Crippen LogP contribution < -0.4 is 4.74 Å². The number of hydrogen-bond donors (Lipinski definition) is 1. The molecule has 1 heterocycles. The summed E-state index contributed by atoms with van der Waals surface area (Å²) in [5.41, 5.74) is 3.98. The molecule has 0 unspecified atom stereocenters. The van der Waals surface area contributed by atoms with E-state index in [1.54, 1.807) is 4.68 Å². The fourth-order valence-corrected chi connectivity index (χ4v) is 4.35. The first kappa shape index (κ1) is 25.9. The van der Waals surface area contributed by atoms with E-state index in [9.17, 15) is 9.90 Å². The molecule has 0 aliphatic heterocycles. The van der Waals surface area contributed by atoms with Crippen LogP contribution in [0.5, 0.6) is 11.6 Å². The van der Waals surface area contributed by atoms with Gasteiger partial charge in [0.15, 0.2) is 0 Å². The second-order valence-electron chi connectivity index (χ2n) is 9.76. The van der Waals surface area contributed by atoms with E-state index in [1.807, 2.05) is 63.4 Å². The maximum atomic E-state index is 11.8.